The van der Waals surface area contributed by atoms with Gasteiger partial charge in [-0.05, 0) is 141 Å². The number of aryl methyl sites for hydroxylation is 3. The van der Waals surface area contributed by atoms with Crippen LogP contribution in [0.5, 0.6) is 23.0 Å². The zero-order chi connectivity index (χ0) is 43.6. The van der Waals surface area contributed by atoms with Crippen molar-refractivity contribution < 1.29 is 52.4 Å². The summed E-state index contributed by atoms with van der Waals surface area (Å²) in [6.07, 6.45) is 5.11. The van der Waals surface area contributed by atoms with Gasteiger partial charge in [0.05, 0.1) is 12.2 Å². The highest BCUT2D eigenvalue weighted by molar-refractivity contribution is 5.92. The first kappa shape index (κ1) is 44.1. The molecule has 0 spiro atoms. The molecule has 0 saturated carbocycles. The van der Waals surface area contributed by atoms with E-state index in [0.29, 0.717) is 30.1 Å². The smallest absolute Gasteiger partial charge is 0.343 e. The Labute approximate surface area is 349 Å². The first-order valence-electron chi connectivity index (χ1n) is 19.2. The van der Waals surface area contributed by atoms with E-state index in [1.54, 1.807) is 39.0 Å². The van der Waals surface area contributed by atoms with Crippen LogP contribution in [-0.4, -0.2) is 49.7 Å². The van der Waals surface area contributed by atoms with E-state index in [2.05, 4.69) is 25.8 Å². The van der Waals surface area contributed by atoms with Gasteiger partial charge in [-0.3, -0.25) is 0 Å². The third-order valence-electron chi connectivity index (χ3n) is 9.56. The van der Waals surface area contributed by atoms with E-state index in [1.807, 2.05) is 37.3 Å². The normalized spacial score (nSPS) is 11.7. The maximum Gasteiger partial charge on any atom is 0.343 e. The molecular weight excluding hydrogens is 765 g/mol. The molecule has 0 saturated heterocycles. The fourth-order valence-corrected chi connectivity index (χ4v) is 6.04. The molecule has 0 aliphatic heterocycles. The highest BCUT2D eigenvalue weighted by atomic mass is 16.6. The van der Waals surface area contributed by atoms with Crippen LogP contribution in [0.15, 0.2) is 121 Å². The van der Waals surface area contributed by atoms with Crippen molar-refractivity contribution in [2.24, 2.45) is 5.41 Å². The van der Waals surface area contributed by atoms with Crippen molar-refractivity contribution in [1.29, 1.82) is 0 Å². The largest absolute Gasteiger partial charge is 0.494 e. The summed E-state index contributed by atoms with van der Waals surface area (Å²) in [7, 11) is 0. The molecule has 1 aliphatic rings. The maximum absolute atomic E-state index is 12.8. The monoisotopic (exact) mass is 812 g/mol. The quantitative estimate of drug-likeness (QED) is 0.0573. The third-order valence-corrected chi connectivity index (χ3v) is 9.56. The van der Waals surface area contributed by atoms with Gasteiger partial charge in [0, 0.05) is 28.2 Å². The third kappa shape index (κ3) is 12.0. The summed E-state index contributed by atoms with van der Waals surface area (Å²) >= 11 is 0. The average molecular weight is 813 g/mol. The Morgan fingerprint density at radius 2 is 1.22 bits per heavy atom. The van der Waals surface area contributed by atoms with Crippen molar-refractivity contribution in [3.63, 3.8) is 0 Å². The van der Waals surface area contributed by atoms with Crippen molar-refractivity contribution >= 4 is 35.9 Å². The molecule has 0 unspecified atom stereocenters. The van der Waals surface area contributed by atoms with Gasteiger partial charge >= 0.3 is 29.8 Å². The second-order valence-corrected chi connectivity index (χ2v) is 15.1. The minimum absolute atomic E-state index is 0.0252. The summed E-state index contributed by atoms with van der Waals surface area (Å²) in [5.74, 6) is -1.20. The molecule has 0 N–H and O–H groups in total. The highest BCUT2D eigenvalue weighted by Gasteiger charge is 2.29. The van der Waals surface area contributed by atoms with E-state index in [-0.39, 0.29) is 47.0 Å². The van der Waals surface area contributed by atoms with Crippen LogP contribution in [0, 0.1) is 12.3 Å². The van der Waals surface area contributed by atoms with Crippen molar-refractivity contribution in [3.05, 3.63) is 149 Å². The molecule has 4 aromatic carbocycles. The van der Waals surface area contributed by atoms with Gasteiger partial charge in [-0.15, -0.1) is 0 Å². The fourth-order valence-electron chi connectivity index (χ4n) is 6.04. The predicted molar refractivity (Wildman–Crippen MR) is 227 cm³/mol. The Hall–Kier alpha value is -7.01. The molecule has 0 radical (unpaired) electrons. The van der Waals surface area contributed by atoms with Gasteiger partial charge in [-0.25, -0.2) is 24.0 Å². The molecule has 0 atom stereocenters. The van der Waals surface area contributed by atoms with E-state index in [1.165, 1.54) is 43.3 Å². The number of hydrogen-bond donors (Lipinski definition) is 0. The Balaban J connectivity index is 1.15. The summed E-state index contributed by atoms with van der Waals surface area (Å²) in [5.41, 5.74) is 6.32. The maximum atomic E-state index is 12.8. The number of carbonyl (C=O) groups excluding carboxylic acids is 5. The molecule has 11 heteroatoms. The van der Waals surface area contributed by atoms with Crippen LogP contribution in [0.25, 0.3) is 17.2 Å². The summed E-state index contributed by atoms with van der Waals surface area (Å²) in [4.78, 5) is 61.4. The minimum Gasteiger partial charge on any atom is -0.494 e. The molecule has 0 heterocycles. The lowest BCUT2D eigenvalue weighted by Crippen LogP contribution is -2.33. The molecule has 4 aromatic rings. The van der Waals surface area contributed by atoms with Gasteiger partial charge in [-0.1, -0.05) is 50.9 Å². The zero-order valence-corrected chi connectivity index (χ0v) is 34.5. The van der Waals surface area contributed by atoms with Gasteiger partial charge in [-0.2, -0.15) is 0 Å². The topological polar surface area (TPSA) is 141 Å². The van der Waals surface area contributed by atoms with Crippen LogP contribution >= 0.6 is 0 Å². The summed E-state index contributed by atoms with van der Waals surface area (Å²) in [6, 6.07) is 22.7. The second kappa shape index (κ2) is 19.6. The number of fused-ring (bicyclic) bond motifs is 3. The average Bonchev–Trinajstić information content (AvgIpc) is 3.22. The Kier molecular flexibility index (Phi) is 14.4. The Bertz CT molecular complexity index is 2350. The number of esters is 5. The molecule has 0 fully saturated rings. The van der Waals surface area contributed by atoms with Crippen LogP contribution in [0.1, 0.15) is 66.7 Å². The van der Waals surface area contributed by atoms with Gasteiger partial charge in [0.25, 0.3) is 0 Å². The second-order valence-electron chi connectivity index (χ2n) is 15.1. The van der Waals surface area contributed by atoms with Crippen LogP contribution < -0.4 is 18.9 Å². The number of ether oxygens (including phenoxy) is 6. The molecule has 5 rings (SSSR count). The first-order valence-corrected chi connectivity index (χ1v) is 19.2. The molecule has 60 heavy (non-hydrogen) atoms. The zero-order valence-electron chi connectivity index (χ0n) is 34.5. The molecule has 0 aromatic heterocycles. The minimum atomic E-state index is -0.696. The Morgan fingerprint density at radius 1 is 0.650 bits per heavy atom. The molecule has 1 aliphatic carbocycles. The van der Waals surface area contributed by atoms with Crippen molar-refractivity contribution in [3.8, 4) is 34.1 Å². The van der Waals surface area contributed by atoms with E-state index >= 15 is 0 Å². The fraction of sp³-hybridized carbons (Fsp3) is 0.245. The molecule has 0 bridgehead atoms. The van der Waals surface area contributed by atoms with Crippen LogP contribution in [-0.2, 0) is 41.5 Å². The van der Waals surface area contributed by atoms with Crippen LogP contribution in [0.4, 0.5) is 0 Å². The van der Waals surface area contributed by atoms with E-state index in [4.69, 9.17) is 28.4 Å². The summed E-state index contributed by atoms with van der Waals surface area (Å²) in [5, 5.41) is 0. The van der Waals surface area contributed by atoms with Crippen LogP contribution in [0.2, 0.25) is 0 Å². The number of benzene rings is 4. The van der Waals surface area contributed by atoms with Crippen molar-refractivity contribution in [2.75, 3.05) is 19.8 Å². The van der Waals surface area contributed by atoms with E-state index < -0.39 is 35.3 Å². The number of carbonyl (C=O) groups is 5. The van der Waals surface area contributed by atoms with Crippen LogP contribution in [0.3, 0.4) is 0 Å². The van der Waals surface area contributed by atoms with Crippen molar-refractivity contribution in [2.45, 2.75) is 53.9 Å². The molecular formula is C49H48O11. The van der Waals surface area contributed by atoms with Gasteiger partial charge in [0.2, 0.25) is 0 Å². The first-order chi connectivity index (χ1) is 28.5. The van der Waals surface area contributed by atoms with E-state index in [0.717, 1.165) is 40.7 Å². The van der Waals surface area contributed by atoms with E-state index in [9.17, 15) is 24.0 Å². The Morgan fingerprint density at radius 3 is 1.82 bits per heavy atom. The highest BCUT2D eigenvalue weighted by Crippen LogP contribution is 2.36. The molecule has 0 amide bonds. The lowest BCUT2D eigenvalue weighted by atomic mass is 9.84. The van der Waals surface area contributed by atoms with Gasteiger partial charge < -0.3 is 28.4 Å². The standard InChI is InChI=1S/C49H48O11/c1-30(2)45(51)56-28-49(8,29-57-46(52)31(3)4)23-24-55-39-17-20-42-37(27-39)12-11-36-26-34(9-19-41(36)42)10-22-44(50)60-43-21-18-40(25-33(43)7)59-48(54)35-13-15-38(16-14-35)58-47(53)32(5)6/h9-10,13-22,25-27H,1,3,5,11-12,23-24,28-29H2,2,4,6-8H3/b22-10+. The van der Waals surface area contributed by atoms with Crippen molar-refractivity contribution in [1.82, 2.24) is 0 Å². The summed E-state index contributed by atoms with van der Waals surface area (Å²) in [6.45, 7) is 19.4. The number of rotatable bonds is 17. The molecule has 310 valence electrons. The van der Waals surface area contributed by atoms with Gasteiger partial charge in [0.15, 0.2) is 0 Å². The molecule has 11 nitrogen and oxygen atoms in total. The lowest BCUT2D eigenvalue weighted by Gasteiger charge is -2.28. The lowest BCUT2D eigenvalue weighted by molar-refractivity contribution is -0.149. The van der Waals surface area contributed by atoms with Gasteiger partial charge in [0.1, 0.15) is 36.2 Å². The number of hydrogen-bond acceptors (Lipinski definition) is 11. The summed E-state index contributed by atoms with van der Waals surface area (Å²) < 4.78 is 33.2. The SMILES string of the molecule is C=C(C)C(=O)OCC(C)(CCOc1ccc2c(c1)CCc1cc(/C=C/C(=O)Oc3ccc(OC(=O)c4ccc(OC(=O)C(=C)C)cc4)cc3C)ccc1-2)COC(=O)C(=C)C. The predicted octanol–water partition coefficient (Wildman–Crippen LogP) is 9.09.